The molecule has 0 aromatic heterocycles. The number of carboxylic acid groups (broad SMARTS) is 1. The van der Waals surface area contributed by atoms with Crippen LogP contribution in [-0.2, 0) is 16.1 Å². The third-order valence-electron chi connectivity index (χ3n) is 6.18. The highest BCUT2D eigenvalue weighted by Gasteiger charge is 2.50. The third kappa shape index (κ3) is 3.42. The van der Waals surface area contributed by atoms with Gasteiger partial charge in [-0.1, -0.05) is 30.3 Å². The van der Waals surface area contributed by atoms with Crippen LogP contribution in [0.2, 0.25) is 0 Å². The van der Waals surface area contributed by atoms with Gasteiger partial charge in [-0.3, -0.25) is 9.69 Å². The Balaban J connectivity index is 1.66. The molecule has 2 heterocycles. The van der Waals surface area contributed by atoms with E-state index >= 15 is 0 Å². The SMILES string of the molecule is CCOc1ccc2ccccc2c1CN1CC(C(=O)O)C2(CCOCC2)C1. The Bertz CT molecular complexity index is 828. The summed E-state index contributed by atoms with van der Waals surface area (Å²) in [7, 11) is 0. The second-order valence-electron chi connectivity index (χ2n) is 7.73. The summed E-state index contributed by atoms with van der Waals surface area (Å²) in [6.07, 6.45) is 1.66. The molecule has 4 rings (SSSR count). The second-order valence-corrected chi connectivity index (χ2v) is 7.73. The predicted octanol–water partition coefficient (Wildman–Crippen LogP) is 3.55. The summed E-state index contributed by atoms with van der Waals surface area (Å²) in [5.74, 6) is -0.106. The minimum atomic E-state index is -0.678. The summed E-state index contributed by atoms with van der Waals surface area (Å²) in [6.45, 7) is 6.04. The van der Waals surface area contributed by atoms with Crippen LogP contribution in [0.4, 0.5) is 0 Å². The lowest BCUT2D eigenvalue weighted by molar-refractivity contribution is -0.147. The van der Waals surface area contributed by atoms with Gasteiger partial charge in [0.25, 0.3) is 0 Å². The Hall–Kier alpha value is -2.11. The second kappa shape index (κ2) is 7.49. The smallest absolute Gasteiger partial charge is 0.308 e. The highest BCUT2D eigenvalue weighted by Crippen LogP contribution is 2.45. The zero-order valence-electron chi connectivity index (χ0n) is 15.8. The number of likely N-dealkylation sites (tertiary alicyclic amines) is 1. The van der Waals surface area contributed by atoms with E-state index in [-0.39, 0.29) is 11.3 Å². The first-order valence-corrected chi connectivity index (χ1v) is 9.79. The van der Waals surface area contributed by atoms with E-state index in [1.54, 1.807) is 0 Å². The van der Waals surface area contributed by atoms with E-state index in [0.29, 0.717) is 32.9 Å². The van der Waals surface area contributed by atoms with E-state index in [0.717, 1.165) is 30.7 Å². The molecular formula is C22H27NO4. The minimum absolute atomic E-state index is 0.166. The molecule has 2 fully saturated rings. The summed E-state index contributed by atoms with van der Waals surface area (Å²) in [6, 6.07) is 12.5. The van der Waals surface area contributed by atoms with Crippen molar-refractivity contribution in [2.45, 2.75) is 26.3 Å². The first-order valence-electron chi connectivity index (χ1n) is 9.79. The van der Waals surface area contributed by atoms with Crippen molar-refractivity contribution in [3.05, 3.63) is 42.0 Å². The number of carbonyl (C=O) groups is 1. The van der Waals surface area contributed by atoms with Crippen molar-refractivity contribution in [3.8, 4) is 5.75 Å². The van der Waals surface area contributed by atoms with Gasteiger partial charge in [0.15, 0.2) is 0 Å². The average Bonchev–Trinajstić information content (AvgIpc) is 3.02. The number of fused-ring (bicyclic) bond motifs is 1. The Labute approximate surface area is 159 Å². The Morgan fingerprint density at radius 3 is 2.78 bits per heavy atom. The molecule has 1 atom stereocenters. The van der Waals surface area contributed by atoms with Gasteiger partial charge in [0.05, 0.1) is 12.5 Å². The first-order chi connectivity index (χ1) is 13.1. The molecule has 1 spiro atoms. The molecule has 2 aromatic rings. The van der Waals surface area contributed by atoms with Gasteiger partial charge in [-0.15, -0.1) is 0 Å². The molecule has 5 nitrogen and oxygen atoms in total. The molecule has 2 aliphatic rings. The highest BCUT2D eigenvalue weighted by atomic mass is 16.5. The van der Waals surface area contributed by atoms with Gasteiger partial charge in [0.2, 0.25) is 0 Å². The number of aliphatic carboxylic acids is 1. The van der Waals surface area contributed by atoms with Crippen LogP contribution < -0.4 is 4.74 Å². The molecule has 27 heavy (non-hydrogen) atoms. The molecule has 2 saturated heterocycles. The van der Waals surface area contributed by atoms with Crippen LogP contribution >= 0.6 is 0 Å². The van der Waals surface area contributed by atoms with Gasteiger partial charge >= 0.3 is 5.97 Å². The van der Waals surface area contributed by atoms with E-state index in [1.165, 1.54) is 10.8 Å². The predicted molar refractivity (Wildman–Crippen MR) is 104 cm³/mol. The van der Waals surface area contributed by atoms with Crippen molar-refractivity contribution < 1.29 is 19.4 Å². The van der Waals surface area contributed by atoms with E-state index < -0.39 is 5.97 Å². The molecule has 2 aliphatic heterocycles. The highest BCUT2D eigenvalue weighted by molar-refractivity contribution is 5.87. The molecule has 0 amide bonds. The van der Waals surface area contributed by atoms with Crippen LogP contribution in [0.3, 0.4) is 0 Å². The van der Waals surface area contributed by atoms with Crippen molar-refractivity contribution >= 4 is 16.7 Å². The molecular weight excluding hydrogens is 342 g/mol. The number of ether oxygens (including phenoxy) is 2. The number of hydrogen-bond donors (Lipinski definition) is 1. The molecule has 5 heteroatoms. The van der Waals surface area contributed by atoms with Gasteiger partial charge < -0.3 is 14.6 Å². The summed E-state index contributed by atoms with van der Waals surface area (Å²) >= 11 is 0. The van der Waals surface area contributed by atoms with E-state index in [1.807, 2.05) is 25.1 Å². The number of rotatable bonds is 5. The van der Waals surface area contributed by atoms with Crippen LogP contribution in [0.15, 0.2) is 36.4 Å². The van der Waals surface area contributed by atoms with Crippen LogP contribution in [0.1, 0.15) is 25.3 Å². The zero-order valence-corrected chi connectivity index (χ0v) is 15.8. The maximum Gasteiger partial charge on any atom is 0.308 e. The molecule has 1 N–H and O–H groups in total. The standard InChI is InChI=1S/C22H27NO4/c1-2-27-20-8-7-16-5-3-4-6-17(16)18(20)13-23-14-19(21(24)25)22(15-23)9-11-26-12-10-22/h3-8,19H,2,9-15H2,1H3,(H,24,25). The minimum Gasteiger partial charge on any atom is -0.494 e. The molecule has 0 radical (unpaired) electrons. The maximum atomic E-state index is 12.0. The molecule has 0 saturated carbocycles. The monoisotopic (exact) mass is 369 g/mol. The van der Waals surface area contributed by atoms with Gasteiger partial charge in [0.1, 0.15) is 5.75 Å². The van der Waals surface area contributed by atoms with Crippen LogP contribution in [0.25, 0.3) is 10.8 Å². The van der Waals surface area contributed by atoms with E-state index in [9.17, 15) is 9.90 Å². The molecule has 2 aromatic carbocycles. The summed E-state index contributed by atoms with van der Waals surface area (Å²) in [5, 5.41) is 12.2. The number of benzene rings is 2. The van der Waals surface area contributed by atoms with Crippen molar-refractivity contribution in [3.63, 3.8) is 0 Å². The fourth-order valence-corrected chi connectivity index (χ4v) is 4.81. The van der Waals surface area contributed by atoms with Gasteiger partial charge in [-0.25, -0.2) is 0 Å². The quantitative estimate of drug-likeness (QED) is 0.873. The van der Waals surface area contributed by atoms with Crippen molar-refractivity contribution in [2.75, 3.05) is 32.9 Å². The largest absolute Gasteiger partial charge is 0.494 e. The number of hydrogen-bond acceptors (Lipinski definition) is 4. The van der Waals surface area contributed by atoms with Crippen molar-refractivity contribution in [1.29, 1.82) is 0 Å². The fourth-order valence-electron chi connectivity index (χ4n) is 4.81. The zero-order chi connectivity index (χ0) is 18.9. The Kier molecular flexibility index (Phi) is 5.06. The van der Waals surface area contributed by atoms with Crippen LogP contribution in [-0.4, -0.2) is 48.9 Å². The average molecular weight is 369 g/mol. The lowest BCUT2D eigenvalue weighted by Crippen LogP contribution is -2.40. The number of carboxylic acids is 1. The summed E-state index contributed by atoms with van der Waals surface area (Å²) in [5.41, 5.74) is 0.990. The fraction of sp³-hybridized carbons (Fsp3) is 0.500. The lowest BCUT2D eigenvalue weighted by Gasteiger charge is -2.36. The van der Waals surface area contributed by atoms with Crippen molar-refractivity contribution in [1.82, 2.24) is 4.90 Å². The normalized spacial score (nSPS) is 22.3. The molecule has 0 aliphatic carbocycles. The third-order valence-corrected chi connectivity index (χ3v) is 6.18. The Morgan fingerprint density at radius 2 is 2.04 bits per heavy atom. The number of nitrogens with zero attached hydrogens (tertiary/aromatic N) is 1. The van der Waals surface area contributed by atoms with Gasteiger partial charge in [0, 0.05) is 43.8 Å². The topological polar surface area (TPSA) is 59.0 Å². The molecule has 144 valence electrons. The maximum absolute atomic E-state index is 12.0. The summed E-state index contributed by atoms with van der Waals surface area (Å²) in [4.78, 5) is 14.3. The van der Waals surface area contributed by atoms with E-state index in [4.69, 9.17) is 9.47 Å². The van der Waals surface area contributed by atoms with Crippen LogP contribution in [0.5, 0.6) is 5.75 Å². The lowest BCUT2D eigenvalue weighted by atomic mass is 9.72. The van der Waals surface area contributed by atoms with Crippen LogP contribution in [0, 0.1) is 11.3 Å². The van der Waals surface area contributed by atoms with Gasteiger partial charge in [-0.05, 0) is 36.6 Å². The molecule has 1 unspecified atom stereocenters. The molecule has 0 bridgehead atoms. The van der Waals surface area contributed by atoms with E-state index in [2.05, 4.69) is 23.1 Å². The van der Waals surface area contributed by atoms with Gasteiger partial charge in [-0.2, -0.15) is 0 Å². The van der Waals surface area contributed by atoms with Crippen molar-refractivity contribution in [2.24, 2.45) is 11.3 Å². The Morgan fingerprint density at radius 1 is 1.26 bits per heavy atom. The first kappa shape index (κ1) is 18.3. The summed E-state index contributed by atoms with van der Waals surface area (Å²) < 4.78 is 11.4.